The largest absolute Gasteiger partial charge is 0.458 e. The molecule has 0 amide bonds. The minimum absolute atomic E-state index is 0.0641. The molecule has 26 heavy (non-hydrogen) atoms. The summed E-state index contributed by atoms with van der Waals surface area (Å²) < 4.78 is 30.0. The third kappa shape index (κ3) is 5.75. The molecular weight excluding hydrogens is 376 g/mol. The van der Waals surface area contributed by atoms with Crippen LogP contribution in [0.15, 0.2) is 0 Å². The highest BCUT2D eigenvalue weighted by atomic mass is 32.2. The quantitative estimate of drug-likeness (QED) is 0.447. The molecular formula is C18H32O6S2. The molecule has 0 spiro atoms. The number of carbonyl (C=O) groups excluding carboxylic acids is 1. The van der Waals surface area contributed by atoms with Crippen LogP contribution >= 0.6 is 23.5 Å². The standard InChI is InChI=1S/C18H32O6S2/c1-8-25-16(26-9-2)15(21-11(3)19)14-13(23-18(6,7)24-14)12-10-20-17(4,5)22-12/h12-16H,8-10H2,1-7H3/t12-,13-,14+,15-/m1/s1. The highest BCUT2D eigenvalue weighted by molar-refractivity contribution is 8.17. The van der Waals surface area contributed by atoms with E-state index in [0.717, 1.165) is 11.5 Å². The van der Waals surface area contributed by atoms with Crippen LogP contribution in [0.1, 0.15) is 48.5 Å². The number of hydrogen-bond donors (Lipinski definition) is 0. The Labute approximate surface area is 165 Å². The lowest BCUT2D eigenvalue weighted by Crippen LogP contribution is -2.48. The van der Waals surface area contributed by atoms with Crippen molar-refractivity contribution in [2.45, 2.75) is 89.0 Å². The Morgan fingerprint density at radius 3 is 2.15 bits per heavy atom. The average Bonchev–Trinajstić information content (AvgIpc) is 3.03. The summed E-state index contributed by atoms with van der Waals surface area (Å²) in [6, 6.07) is 0. The topological polar surface area (TPSA) is 63.2 Å². The van der Waals surface area contributed by atoms with Crippen molar-refractivity contribution in [1.82, 2.24) is 0 Å². The summed E-state index contributed by atoms with van der Waals surface area (Å²) in [6.45, 7) is 13.6. The van der Waals surface area contributed by atoms with Crippen molar-refractivity contribution in [3.05, 3.63) is 0 Å². The Kier molecular flexibility index (Phi) is 7.73. The first-order valence-corrected chi connectivity index (χ1v) is 11.3. The molecule has 2 fully saturated rings. The van der Waals surface area contributed by atoms with E-state index in [1.54, 1.807) is 23.5 Å². The summed E-state index contributed by atoms with van der Waals surface area (Å²) in [4.78, 5) is 11.8. The lowest BCUT2D eigenvalue weighted by molar-refractivity contribution is -0.176. The maximum absolute atomic E-state index is 11.8. The Morgan fingerprint density at radius 2 is 1.69 bits per heavy atom. The first kappa shape index (κ1) is 22.3. The van der Waals surface area contributed by atoms with Crippen molar-refractivity contribution in [3.8, 4) is 0 Å². The molecule has 0 N–H and O–H groups in total. The van der Waals surface area contributed by atoms with E-state index in [-0.39, 0.29) is 22.8 Å². The normalized spacial score (nSPS) is 31.3. The number of rotatable bonds is 8. The molecule has 2 aliphatic heterocycles. The number of carbonyl (C=O) groups is 1. The molecule has 0 radical (unpaired) electrons. The van der Waals surface area contributed by atoms with E-state index in [9.17, 15) is 4.79 Å². The minimum Gasteiger partial charge on any atom is -0.458 e. The number of ether oxygens (including phenoxy) is 5. The van der Waals surface area contributed by atoms with E-state index < -0.39 is 23.8 Å². The van der Waals surface area contributed by atoms with E-state index in [0.29, 0.717) is 6.61 Å². The summed E-state index contributed by atoms with van der Waals surface area (Å²) >= 11 is 3.52. The molecule has 0 saturated carbocycles. The zero-order chi connectivity index (χ0) is 19.5. The van der Waals surface area contributed by atoms with Crippen LogP contribution in [0.2, 0.25) is 0 Å². The summed E-state index contributed by atoms with van der Waals surface area (Å²) in [6.07, 6.45) is -1.48. The first-order valence-electron chi connectivity index (χ1n) is 9.16. The van der Waals surface area contributed by atoms with Gasteiger partial charge in [0, 0.05) is 6.92 Å². The monoisotopic (exact) mass is 408 g/mol. The average molecular weight is 409 g/mol. The van der Waals surface area contributed by atoms with Crippen LogP contribution in [0.25, 0.3) is 0 Å². The van der Waals surface area contributed by atoms with Gasteiger partial charge in [0.15, 0.2) is 17.7 Å². The minimum atomic E-state index is -0.776. The molecule has 0 aromatic carbocycles. The van der Waals surface area contributed by atoms with Gasteiger partial charge in [-0.2, -0.15) is 0 Å². The maximum Gasteiger partial charge on any atom is 0.303 e. The van der Waals surface area contributed by atoms with Crippen molar-refractivity contribution in [2.75, 3.05) is 18.1 Å². The van der Waals surface area contributed by atoms with Gasteiger partial charge < -0.3 is 23.7 Å². The third-order valence-electron chi connectivity index (χ3n) is 4.12. The SMILES string of the molecule is CCSC(SCC)[C@H](OC(C)=O)[C@H]1OC(C)(C)O[C@@H]1[C@H]1COC(C)(C)O1. The van der Waals surface area contributed by atoms with E-state index in [1.807, 2.05) is 27.7 Å². The van der Waals surface area contributed by atoms with E-state index in [2.05, 4.69) is 13.8 Å². The molecule has 2 rings (SSSR count). The zero-order valence-electron chi connectivity index (χ0n) is 16.8. The van der Waals surface area contributed by atoms with Crippen molar-refractivity contribution >= 4 is 29.5 Å². The summed E-state index contributed by atoms with van der Waals surface area (Å²) in [5, 5.41) is 0. The van der Waals surface area contributed by atoms with Crippen LogP contribution in [0, 0.1) is 0 Å². The lowest BCUT2D eigenvalue weighted by atomic mass is 10.0. The Bertz CT molecular complexity index is 478. The van der Waals surface area contributed by atoms with Crippen LogP contribution in [-0.2, 0) is 28.5 Å². The maximum atomic E-state index is 11.8. The van der Waals surface area contributed by atoms with Crippen LogP contribution in [0.4, 0.5) is 0 Å². The van der Waals surface area contributed by atoms with Crippen LogP contribution < -0.4 is 0 Å². The predicted octanol–water partition coefficient (Wildman–Crippen LogP) is 3.42. The van der Waals surface area contributed by atoms with Crippen molar-refractivity contribution in [1.29, 1.82) is 0 Å². The van der Waals surface area contributed by atoms with Gasteiger partial charge >= 0.3 is 5.97 Å². The number of thioether (sulfide) groups is 2. The fraction of sp³-hybridized carbons (Fsp3) is 0.944. The smallest absolute Gasteiger partial charge is 0.303 e. The van der Waals surface area contributed by atoms with Crippen molar-refractivity contribution in [2.24, 2.45) is 0 Å². The van der Waals surface area contributed by atoms with Crippen LogP contribution in [0.3, 0.4) is 0 Å². The molecule has 0 unspecified atom stereocenters. The van der Waals surface area contributed by atoms with Gasteiger partial charge in [-0.25, -0.2) is 0 Å². The molecule has 0 aliphatic carbocycles. The van der Waals surface area contributed by atoms with Crippen LogP contribution in [0.5, 0.6) is 0 Å². The molecule has 6 nitrogen and oxygen atoms in total. The number of esters is 1. The molecule has 2 heterocycles. The molecule has 4 atom stereocenters. The van der Waals surface area contributed by atoms with Gasteiger partial charge in [-0.15, -0.1) is 23.5 Å². The zero-order valence-corrected chi connectivity index (χ0v) is 18.4. The second kappa shape index (κ2) is 9.01. The van der Waals surface area contributed by atoms with Gasteiger partial charge in [-0.05, 0) is 39.2 Å². The Morgan fingerprint density at radius 1 is 1.08 bits per heavy atom. The fourth-order valence-electron chi connectivity index (χ4n) is 3.27. The van der Waals surface area contributed by atoms with E-state index in [4.69, 9.17) is 23.7 Å². The Hall–Kier alpha value is 0.01000. The van der Waals surface area contributed by atoms with Gasteiger partial charge in [0.1, 0.15) is 18.3 Å². The Balaban J connectivity index is 2.27. The van der Waals surface area contributed by atoms with Crippen LogP contribution in [-0.4, -0.2) is 64.7 Å². The second-order valence-corrected chi connectivity index (χ2v) is 10.4. The van der Waals surface area contributed by atoms with Gasteiger partial charge in [0.05, 0.1) is 11.2 Å². The lowest BCUT2D eigenvalue weighted by Gasteiger charge is -2.33. The number of hydrogen-bond acceptors (Lipinski definition) is 8. The highest BCUT2D eigenvalue weighted by Crippen LogP contribution is 2.41. The molecule has 0 aromatic rings. The summed E-state index contributed by atoms with van der Waals surface area (Å²) in [5.74, 6) is 0.102. The molecule has 0 aromatic heterocycles. The van der Waals surface area contributed by atoms with Crippen molar-refractivity contribution < 1.29 is 28.5 Å². The van der Waals surface area contributed by atoms with E-state index in [1.165, 1.54) is 6.92 Å². The molecule has 152 valence electrons. The molecule has 0 bridgehead atoms. The second-order valence-electron chi connectivity index (χ2n) is 7.29. The van der Waals surface area contributed by atoms with E-state index >= 15 is 0 Å². The molecule has 2 aliphatic rings. The van der Waals surface area contributed by atoms with Gasteiger partial charge in [0.25, 0.3) is 0 Å². The van der Waals surface area contributed by atoms with Gasteiger partial charge in [-0.1, -0.05) is 13.8 Å². The fourth-order valence-corrected chi connectivity index (χ4v) is 5.93. The summed E-state index contributed by atoms with van der Waals surface area (Å²) in [5.41, 5.74) is 0. The van der Waals surface area contributed by atoms with Gasteiger partial charge in [-0.3, -0.25) is 4.79 Å². The molecule has 8 heteroatoms. The first-order chi connectivity index (χ1) is 12.1. The molecule has 2 saturated heterocycles. The highest BCUT2D eigenvalue weighted by Gasteiger charge is 2.54. The van der Waals surface area contributed by atoms with Gasteiger partial charge in [0.2, 0.25) is 0 Å². The van der Waals surface area contributed by atoms with Crippen molar-refractivity contribution in [3.63, 3.8) is 0 Å². The predicted molar refractivity (Wildman–Crippen MR) is 104 cm³/mol. The third-order valence-corrected chi connectivity index (χ3v) is 6.79. The summed E-state index contributed by atoms with van der Waals surface area (Å²) in [7, 11) is 0.